The van der Waals surface area contributed by atoms with E-state index >= 15 is 0 Å². The van der Waals surface area contributed by atoms with Gasteiger partial charge in [0.25, 0.3) is 11.8 Å². The van der Waals surface area contributed by atoms with Crippen LogP contribution in [0.15, 0.2) is 0 Å². The second-order valence-electron chi connectivity index (χ2n) is 3.98. The molecular formula is C9H10Br6N2O2. The standard InChI is InChI=1S/C9H10Br6N2O2/c10-8(11,12)6(18)16-5-3-1-2-4-17(5)7(19)9(13,14)15/h5H,1-4H2,(H,16,18). The quantitative estimate of drug-likeness (QED) is 0.432. The van der Waals surface area contributed by atoms with Crippen molar-refractivity contribution in [1.82, 2.24) is 10.2 Å². The van der Waals surface area contributed by atoms with Crippen LogP contribution in [0.5, 0.6) is 0 Å². The Kier molecular flexibility index (Phi) is 7.34. The van der Waals surface area contributed by atoms with E-state index in [1.165, 1.54) is 0 Å². The summed E-state index contributed by atoms with van der Waals surface area (Å²) in [4.78, 5) is 25.8. The largest absolute Gasteiger partial charge is 0.333 e. The number of likely N-dealkylation sites (tertiary alicyclic amines) is 1. The third kappa shape index (κ3) is 5.84. The van der Waals surface area contributed by atoms with E-state index in [1.54, 1.807) is 4.90 Å². The fourth-order valence-electron chi connectivity index (χ4n) is 1.72. The van der Waals surface area contributed by atoms with Gasteiger partial charge in [-0.25, -0.2) is 0 Å². The highest BCUT2D eigenvalue weighted by molar-refractivity contribution is 9.40. The van der Waals surface area contributed by atoms with Crippen molar-refractivity contribution >= 4 is 107 Å². The number of rotatable bonds is 1. The van der Waals surface area contributed by atoms with Crippen LogP contribution in [-0.2, 0) is 9.59 Å². The van der Waals surface area contributed by atoms with E-state index in [-0.39, 0.29) is 18.0 Å². The van der Waals surface area contributed by atoms with Crippen molar-refractivity contribution in [2.45, 2.75) is 29.7 Å². The molecule has 1 saturated heterocycles. The molecule has 1 unspecified atom stereocenters. The Balaban J connectivity index is 2.79. The van der Waals surface area contributed by atoms with Gasteiger partial charge < -0.3 is 10.2 Å². The molecule has 2 amide bonds. The zero-order valence-electron chi connectivity index (χ0n) is 9.44. The van der Waals surface area contributed by atoms with E-state index in [2.05, 4.69) is 101 Å². The van der Waals surface area contributed by atoms with Crippen LogP contribution < -0.4 is 5.32 Å². The molecule has 1 heterocycles. The molecule has 0 radical (unpaired) electrons. The normalized spacial score (nSPS) is 21.2. The van der Waals surface area contributed by atoms with Crippen LogP contribution in [0, 0.1) is 0 Å². The monoisotopic (exact) mass is 652 g/mol. The van der Waals surface area contributed by atoms with E-state index < -0.39 is 4.29 Å². The van der Waals surface area contributed by atoms with Crippen LogP contribution in [-0.4, -0.2) is 33.7 Å². The molecule has 10 heteroatoms. The van der Waals surface area contributed by atoms with E-state index in [9.17, 15) is 9.59 Å². The predicted molar refractivity (Wildman–Crippen MR) is 96.5 cm³/mol. The zero-order chi connectivity index (χ0) is 14.8. The van der Waals surface area contributed by atoms with E-state index in [1.807, 2.05) is 0 Å². The molecule has 1 rings (SSSR count). The molecule has 1 atom stereocenters. The molecule has 19 heavy (non-hydrogen) atoms. The molecule has 1 N–H and O–H groups in total. The molecule has 0 aromatic heterocycles. The summed E-state index contributed by atoms with van der Waals surface area (Å²) >= 11 is 19.1. The number of alkyl halides is 6. The number of hydrogen-bond donors (Lipinski definition) is 1. The number of carbonyl (C=O) groups excluding carboxylic acids is 2. The predicted octanol–water partition coefficient (Wildman–Crippen LogP) is 4.12. The fraction of sp³-hybridized carbons (Fsp3) is 0.778. The van der Waals surface area contributed by atoms with Crippen molar-refractivity contribution in [2.24, 2.45) is 0 Å². The van der Waals surface area contributed by atoms with Crippen molar-refractivity contribution in [3.8, 4) is 0 Å². The summed E-state index contributed by atoms with van der Waals surface area (Å²) in [6.07, 6.45) is 2.29. The Labute approximate surface area is 161 Å². The molecule has 0 spiro atoms. The molecular weight excluding hydrogens is 648 g/mol. The first-order valence-electron chi connectivity index (χ1n) is 5.29. The van der Waals surface area contributed by atoms with Crippen molar-refractivity contribution < 1.29 is 9.59 Å². The molecule has 0 bridgehead atoms. The summed E-state index contributed by atoms with van der Waals surface area (Å²) in [7, 11) is 0. The highest BCUT2D eigenvalue weighted by Gasteiger charge is 2.40. The minimum atomic E-state index is -1.02. The van der Waals surface area contributed by atoms with E-state index in [0.717, 1.165) is 19.3 Å². The van der Waals surface area contributed by atoms with Crippen LogP contribution in [0.4, 0.5) is 0 Å². The van der Waals surface area contributed by atoms with Gasteiger partial charge in [0.05, 0.1) is 0 Å². The average Bonchev–Trinajstić information content (AvgIpc) is 2.26. The van der Waals surface area contributed by atoms with Gasteiger partial charge in [-0.2, -0.15) is 0 Å². The molecule has 1 aliphatic heterocycles. The maximum atomic E-state index is 12.3. The first kappa shape index (κ1) is 18.9. The van der Waals surface area contributed by atoms with Gasteiger partial charge in [0, 0.05) is 6.54 Å². The smallest absolute Gasteiger partial charge is 0.262 e. The Bertz CT molecular complexity index is 365. The second-order valence-corrected chi connectivity index (χ2v) is 17.5. The molecule has 1 fully saturated rings. The summed E-state index contributed by atoms with van der Waals surface area (Å²) in [5.74, 6) is -0.469. The number of hydrogen-bond acceptors (Lipinski definition) is 2. The summed E-state index contributed by atoms with van der Waals surface area (Å²) in [6.45, 7) is 0.605. The molecule has 110 valence electrons. The lowest BCUT2D eigenvalue weighted by molar-refractivity contribution is -0.135. The Morgan fingerprint density at radius 2 is 1.58 bits per heavy atom. The number of halogens is 6. The minimum absolute atomic E-state index is 0.179. The van der Waals surface area contributed by atoms with Crippen LogP contribution >= 0.6 is 95.6 Å². The Morgan fingerprint density at radius 3 is 2.05 bits per heavy atom. The molecule has 0 aliphatic carbocycles. The first-order chi connectivity index (χ1) is 8.53. The maximum absolute atomic E-state index is 12.3. The SMILES string of the molecule is O=C(NC1CCCCN1C(=O)C(Br)(Br)Br)C(Br)(Br)Br. The fourth-order valence-corrected chi connectivity index (χ4v) is 2.75. The van der Waals surface area contributed by atoms with Crippen molar-refractivity contribution in [2.75, 3.05) is 6.54 Å². The van der Waals surface area contributed by atoms with E-state index in [0.29, 0.717) is 6.54 Å². The molecule has 0 aromatic rings. The summed E-state index contributed by atoms with van der Waals surface area (Å²) in [6, 6.07) is 0. The van der Waals surface area contributed by atoms with Gasteiger partial charge in [-0.3, -0.25) is 9.59 Å². The van der Waals surface area contributed by atoms with Gasteiger partial charge in [-0.1, -0.05) is 0 Å². The maximum Gasteiger partial charge on any atom is 0.262 e. The summed E-state index contributed by atoms with van der Waals surface area (Å²) in [5, 5.41) is 2.82. The summed E-state index contributed by atoms with van der Waals surface area (Å²) < 4.78 is -2.02. The Morgan fingerprint density at radius 1 is 1.00 bits per heavy atom. The molecule has 1 aliphatic rings. The number of nitrogens with zero attached hydrogens (tertiary/aromatic N) is 1. The topological polar surface area (TPSA) is 49.4 Å². The summed E-state index contributed by atoms with van der Waals surface area (Å²) in [5.41, 5.74) is 0. The van der Waals surface area contributed by atoms with Crippen LogP contribution in [0.2, 0.25) is 0 Å². The van der Waals surface area contributed by atoms with Gasteiger partial charge in [0.2, 0.25) is 4.29 Å². The average molecular weight is 658 g/mol. The lowest BCUT2D eigenvalue weighted by Crippen LogP contribution is -2.57. The highest BCUT2D eigenvalue weighted by atomic mass is 80.0. The second kappa shape index (κ2) is 7.39. The van der Waals surface area contributed by atoms with Gasteiger partial charge in [0.15, 0.2) is 0 Å². The minimum Gasteiger partial charge on any atom is -0.333 e. The van der Waals surface area contributed by atoms with Crippen molar-refractivity contribution in [3.63, 3.8) is 0 Å². The van der Waals surface area contributed by atoms with E-state index in [4.69, 9.17) is 0 Å². The van der Waals surface area contributed by atoms with Crippen molar-refractivity contribution in [1.29, 1.82) is 0 Å². The van der Waals surface area contributed by atoms with Gasteiger partial charge in [-0.05, 0) is 115 Å². The van der Waals surface area contributed by atoms with Gasteiger partial charge in [-0.15, -0.1) is 0 Å². The number of carbonyl (C=O) groups is 2. The van der Waals surface area contributed by atoms with Gasteiger partial charge >= 0.3 is 0 Å². The van der Waals surface area contributed by atoms with Gasteiger partial charge in [0.1, 0.15) is 6.17 Å². The van der Waals surface area contributed by atoms with Crippen LogP contribution in [0.3, 0.4) is 0 Å². The van der Waals surface area contributed by atoms with Crippen LogP contribution in [0.25, 0.3) is 0 Å². The number of amides is 2. The first-order valence-corrected chi connectivity index (χ1v) is 10.0. The lowest BCUT2D eigenvalue weighted by Gasteiger charge is -2.38. The number of piperidine rings is 1. The van der Waals surface area contributed by atoms with Crippen LogP contribution in [0.1, 0.15) is 19.3 Å². The molecule has 0 saturated carbocycles. The molecule has 0 aromatic carbocycles. The number of nitrogens with one attached hydrogen (secondary N) is 1. The zero-order valence-corrected chi connectivity index (χ0v) is 19.0. The lowest BCUT2D eigenvalue weighted by atomic mass is 10.1. The highest BCUT2D eigenvalue weighted by Crippen LogP contribution is 2.37. The van der Waals surface area contributed by atoms with Crippen molar-refractivity contribution in [3.05, 3.63) is 0 Å². The third-order valence-electron chi connectivity index (χ3n) is 2.56. The molecule has 4 nitrogen and oxygen atoms in total. The third-order valence-corrected chi connectivity index (χ3v) is 4.66. The Hall–Kier alpha value is 1.82.